The lowest BCUT2D eigenvalue weighted by Crippen LogP contribution is -2.30. The summed E-state index contributed by atoms with van der Waals surface area (Å²) in [4.78, 5) is 38.5. The van der Waals surface area contributed by atoms with Gasteiger partial charge in [0.25, 0.3) is 0 Å². The number of allylic oxidation sites excluding steroid dienone is 12. The maximum Gasteiger partial charge on any atom is 0.306 e. The fourth-order valence-electron chi connectivity index (χ4n) is 10.2. The van der Waals surface area contributed by atoms with Crippen molar-refractivity contribution in [1.82, 2.24) is 0 Å². The average molecular weight is 1120 g/mol. The minimum absolute atomic E-state index is 0.0772. The van der Waals surface area contributed by atoms with E-state index in [-0.39, 0.29) is 31.1 Å². The van der Waals surface area contributed by atoms with Gasteiger partial charge in [0.05, 0.1) is 0 Å². The summed E-state index contributed by atoms with van der Waals surface area (Å²) in [6.45, 7) is 6.56. The summed E-state index contributed by atoms with van der Waals surface area (Å²) in [7, 11) is 0. The van der Waals surface area contributed by atoms with Crippen LogP contribution in [0.15, 0.2) is 72.9 Å². The van der Waals surface area contributed by atoms with E-state index in [1.54, 1.807) is 0 Å². The number of rotatable bonds is 64. The highest BCUT2D eigenvalue weighted by Crippen LogP contribution is 2.18. The largest absolute Gasteiger partial charge is 0.462 e. The molecule has 0 rings (SSSR count). The summed E-state index contributed by atoms with van der Waals surface area (Å²) in [5.41, 5.74) is 0. The van der Waals surface area contributed by atoms with E-state index < -0.39 is 6.10 Å². The van der Waals surface area contributed by atoms with Crippen LogP contribution in [0.3, 0.4) is 0 Å². The molecule has 0 spiro atoms. The summed E-state index contributed by atoms with van der Waals surface area (Å²) in [5.74, 6) is -0.870. The van der Waals surface area contributed by atoms with E-state index in [1.165, 1.54) is 218 Å². The van der Waals surface area contributed by atoms with Crippen LogP contribution < -0.4 is 0 Å². The number of carbonyl (C=O) groups is 3. The topological polar surface area (TPSA) is 78.9 Å². The lowest BCUT2D eigenvalue weighted by atomic mass is 10.0. The zero-order valence-corrected chi connectivity index (χ0v) is 53.3. The Balaban J connectivity index is 4.32. The van der Waals surface area contributed by atoms with E-state index in [0.717, 1.165) is 103 Å². The molecule has 464 valence electrons. The summed E-state index contributed by atoms with van der Waals surface area (Å²) in [6.07, 6.45) is 89.2. The second-order valence-corrected chi connectivity index (χ2v) is 23.4. The molecule has 6 heteroatoms. The van der Waals surface area contributed by atoms with Crippen molar-refractivity contribution in [1.29, 1.82) is 0 Å². The Morgan fingerprint density at radius 1 is 0.263 bits per heavy atom. The highest BCUT2D eigenvalue weighted by molar-refractivity contribution is 5.71. The summed E-state index contributed by atoms with van der Waals surface area (Å²) >= 11 is 0. The Hall–Kier alpha value is -3.15. The third kappa shape index (κ3) is 65.7. The van der Waals surface area contributed by atoms with E-state index in [0.29, 0.717) is 19.3 Å². The third-order valence-corrected chi connectivity index (χ3v) is 15.4. The second kappa shape index (κ2) is 68.3. The predicted octanol–water partition coefficient (Wildman–Crippen LogP) is 24.1. The summed E-state index contributed by atoms with van der Waals surface area (Å²) in [6, 6.07) is 0. The lowest BCUT2D eigenvalue weighted by Gasteiger charge is -2.18. The van der Waals surface area contributed by atoms with Crippen molar-refractivity contribution in [2.75, 3.05) is 13.2 Å². The van der Waals surface area contributed by atoms with Crippen LogP contribution in [-0.2, 0) is 28.6 Å². The minimum Gasteiger partial charge on any atom is -0.462 e. The maximum absolute atomic E-state index is 13.0. The summed E-state index contributed by atoms with van der Waals surface area (Å²) < 4.78 is 17.0. The molecule has 0 heterocycles. The Labute approximate surface area is 497 Å². The number of esters is 3. The molecule has 0 amide bonds. The van der Waals surface area contributed by atoms with Crippen LogP contribution >= 0.6 is 0 Å². The molecule has 0 bridgehead atoms. The SMILES string of the molecule is CC/C=C\C/C=C\C/C=C\C/C=C\CCCCCCCCCCCCCCC(=O)OCC(COC(=O)CCCCCCC/C=C\C/C=C\CCCCCC)OC(=O)CCCCCCCCCCCCCCCCCCCCCCC. The van der Waals surface area contributed by atoms with Gasteiger partial charge in [-0.2, -0.15) is 0 Å². The van der Waals surface area contributed by atoms with Crippen molar-refractivity contribution in [3.63, 3.8) is 0 Å². The number of unbranched alkanes of at least 4 members (excludes halogenated alkanes) is 41. The highest BCUT2D eigenvalue weighted by atomic mass is 16.6. The molecule has 0 fully saturated rings. The van der Waals surface area contributed by atoms with Gasteiger partial charge < -0.3 is 14.2 Å². The maximum atomic E-state index is 13.0. The van der Waals surface area contributed by atoms with Crippen molar-refractivity contribution < 1.29 is 28.6 Å². The molecular formula is C74H132O6. The molecule has 0 aromatic carbocycles. The molecule has 1 atom stereocenters. The molecule has 0 radical (unpaired) electrons. The van der Waals surface area contributed by atoms with Gasteiger partial charge in [0.15, 0.2) is 6.10 Å². The van der Waals surface area contributed by atoms with Crippen LogP contribution in [0.25, 0.3) is 0 Å². The van der Waals surface area contributed by atoms with Gasteiger partial charge in [-0.05, 0) is 89.9 Å². The predicted molar refractivity (Wildman–Crippen MR) is 348 cm³/mol. The lowest BCUT2D eigenvalue weighted by molar-refractivity contribution is -0.167. The van der Waals surface area contributed by atoms with Gasteiger partial charge in [0.1, 0.15) is 13.2 Å². The minimum atomic E-state index is -0.782. The van der Waals surface area contributed by atoms with Gasteiger partial charge in [0.2, 0.25) is 0 Å². The third-order valence-electron chi connectivity index (χ3n) is 15.4. The molecule has 0 aliphatic heterocycles. The van der Waals surface area contributed by atoms with Crippen molar-refractivity contribution >= 4 is 17.9 Å². The van der Waals surface area contributed by atoms with Crippen LogP contribution in [-0.4, -0.2) is 37.2 Å². The molecule has 0 aliphatic carbocycles. The van der Waals surface area contributed by atoms with Gasteiger partial charge >= 0.3 is 17.9 Å². The van der Waals surface area contributed by atoms with Gasteiger partial charge in [-0.25, -0.2) is 0 Å². The normalized spacial score (nSPS) is 12.5. The fourth-order valence-corrected chi connectivity index (χ4v) is 10.2. The fraction of sp³-hybridized carbons (Fsp3) is 0.797. The number of carbonyl (C=O) groups excluding carboxylic acids is 3. The van der Waals surface area contributed by atoms with Gasteiger partial charge in [0, 0.05) is 19.3 Å². The number of hydrogen-bond donors (Lipinski definition) is 0. The van der Waals surface area contributed by atoms with Crippen LogP contribution in [0.5, 0.6) is 0 Å². The molecule has 0 saturated carbocycles. The van der Waals surface area contributed by atoms with E-state index >= 15 is 0 Å². The van der Waals surface area contributed by atoms with Crippen LogP contribution in [0.2, 0.25) is 0 Å². The molecule has 0 aromatic heterocycles. The van der Waals surface area contributed by atoms with Crippen LogP contribution in [0.1, 0.15) is 361 Å². The number of hydrogen-bond acceptors (Lipinski definition) is 6. The zero-order chi connectivity index (χ0) is 57.8. The number of ether oxygens (including phenoxy) is 3. The Morgan fingerprint density at radius 2 is 0.487 bits per heavy atom. The molecule has 0 aromatic rings. The Morgan fingerprint density at radius 3 is 0.775 bits per heavy atom. The molecular weight excluding hydrogens is 985 g/mol. The zero-order valence-electron chi connectivity index (χ0n) is 53.3. The monoisotopic (exact) mass is 1120 g/mol. The van der Waals surface area contributed by atoms with E-state index in [9.17, 15) is 14.4 Å². The van der Waals surface area contributed by atoms with Gasteiger partial charge in [-0.3, -0.25) is 14.4 Å². The molecule has 80 heavy (non-hydrogen) atoms. The van der Waals surface area contributed by atoms with E-state index in [2.05, 4.69) is 93.7 Å². The molecule has 0 saturated heterocycles. The first kappa shape index (κ1) is 76.9. The first-order chi connectivity index (χ1) is 39.5. The van der Waals surface area contributed by atoms with E-state index in [1.807, 2.05) is 0 Å². The molecule has 0 aliphatic rings. The van der Waals surface area contributed by atoms with Crippen molar-refractivity contribution in [2.24, 2.45) is 0 Å². The quantitative estimate of drug-likeness (QED) is 0.0261. The first-order valence-corrected chi connectivity index (χ1v) is 34.9. The molecule has 0 N–H and O–H groups in total. The standard InChI is InChI=1S/C74H132O6/c1-4-7-10-13-16-19-22-25-28-31-33-35-36-37-38-40-41-43-46-49-52-55-58-61-64-67-73(76)79-70-71(69-78-72(75)66-63-60-57-54-51-48-45-30-27-24-21-18-15-12-9-6-3)80-74(77)68-65-62-59-56-53-50-47-44-42-39-34-32-29-26-23-20-17-14-11-8-5-2/h7,10,16,19,21,24-25,28,30,33,35,45,71H,4-6,8-9,11-15,17-18,20,22-23,26-27,29,31-32,34,36-44,46-70H2,1-3H3/b10-7-,19-16-,24-21-,28-25-,35-33-,45-30-. The van der Waals surface area contributed by atoms with Crippen molar-refractivity contribution in [3.8, 4) is 0 Å². The van der Waals surface area contributed by atoms with E-state index in [4.69, 9.17) is 14.2 Å². The highest BCUT2D eigenvalue weighted by Gasteiger charge is 2.19. The first-order valence-electron chi connectivity index (χ1n) is 34.9. The average Bonchev–Trinajstić information content (AvgIpc) is 3.46. The second-order valence-electron chi connectivity index (χ2n) is 23.4. The molecule has 6 nitrogen and oxygen atoms in total. The Kier molecular flexibility index (Phi) is 65.7. The van der Waals surface area contributed by atoms with Crippen LogP contribution in [0.4, 0.5) is 0 Å². The molecule has 1 unspecified atom stereocenters. The summed E-state index contributed by atoms with van der Waals surface area (Å²) in [5, 5.41) is 0. The smallest absolute Gasteiger partial charge is 0.306 e. The van der Waals surface area contributed by atoms with Crippen molar-refractivity contribution in [3.05, 3.63) is 72.9 Å². The Bertz CT molecular complexity index is 1470. The van der Waals surface area contributed by atoms with Gasteiger partial charge in [-0.15, -0.1) is 0 Å². The van der Waals surface area contributed by atoms with Crippen molar-refractivity contribution in [2.45, 2.75) is 367 Å². The van der Waals surface area contributed by atoms with Gasteiger partial charge in [-0.1, -0.05) is 325 Å². The van der Waals surface area contributed by atoms with Crippen LogP contribution in [0, 0.1) is 0 Å².